The molecule has 1 aromatic rings. The zero-order chi connectivity index (χ0) is 13.0. The fourth-order valence-electron chi connectivity index (χ4n) is 1.34. The van der Waals surface area contributed by atoms with Gasteiger partial charge in [-0.3, -0.25) is 4.79 Å². The third kappa shape index (κ3) is 3.81. The largest absolute Gasteiger partial charge is 0.348 e. The molecule has 0 aliphatic carbocycles. The minimum Gasteiger partial charge on any atom is -0.348 e. The Morgan fingerprint density at radius 2 is 2.18 bits per heavy atom. The molecule has 1 amide bonds. The van der Waals surface area contributed by atoms with Crippen molar-refractivity contribution in [2.45, 2.75) is 19.9 Å². The van der Waals surface area contributed by atoms with Crippen molar-refractivity contribution in [2.24, 2.45) is 5.92 Å². The number of benzene rings is 1. The second kappa shape index (κ2) is 6.54. The standard InChI is InChI=1S/C12H14ClFINO/c1-7(2)10(6-15)16-12(17)11-8(13)4-3-5-9(11)14/h3-5,7,10H,6H2,1-2H3,(H,16,17). The highest BCUT2D eigenvalue weighted by atomic mass is 127. The zero-order valence-corrected chi connectivity index (χ0v) is 12.5. The van der Waals surface area contributed by atoms with Crippen molar-refractivity contribution in [2.75, 3.05) is 4.43 Å². The van der Waals surface area contributed by atoms with E-state index < -0.39 is 11.7 Å². The fraction of sp³-hybridized carbons (Fsp3) is 0.417. The molecule has 0 aliphatic rings. The molecule has 2 nitrogen and oxygen atoms in total. The Morgan fingerprint density at radius 3 is 2.65 bits per heavy atom. The summed E-state index contributed by atoms with van der Waals surface area (Å²) >= 11 is 8.02. The first-order valence-corrected chi connectivity index (χ1v) is 7.18. The average molecular weight is 370 g/mol. The van der Waals surface area contributed by atoms with Crippen LogP contribution in [-0.2, 0) is 0 Å². The number of carbonyl (C=O) groups excluding carboxylic acids is 1. The molecule has 17 heavy (non-hydrogen) atoms. The lowest BCUT2D eigenvalue weighted by Gasteiger charge is -2.20. The van der Waals surface area contributed by atoms with Crippen LogP contribution in [0.25, 0.3) is 0 Å². The Labute approximate surface area is 119 Å². The molecule has 0 aliphatic heterocycles. The lowest BCUT2D eigenvalue weighted by atomic mass is 10.1. The molecule has 94 valence electrons. The summed E-state index contributed by atoms with van der Waals surface area (Å²) in [5, 5.41) is 2.93. The first-order chi connectivity index (χ1) is 7.97. The number of hydrogen-bond donors (Lipinski definition) is 1. The number of alkyl halides is 1. The lowest BCUT2D eigenvalue weighted by molar-refractivity contribution is 0.0928. The first kappa shape index (κ1) is 14.7. The Bertz CT molecular complexity index is 391. The zero-order valence-electron chi connectivity index (χ0n) is 9.64. The highest BCUT2D eigenvalue weighted by molar-refractivity contribution is 14.1. The number of halogens is 3. The van der Waals surface area contributed by atoms with Crippen molar-refractivity contribution in [3.05, 3.63) is 34.6 Å². The van der Waals surface area contributed by atoms with Gasteiger partial charge in [-0.1, -0.05) is 54.1 Å². The topological polar surface area (TPSA) is 29.1 Å². The van der Waals surface area contributed by atoms with E-state index in [1.807, 2.05) is 13.8 Å². The van der Waals surface area contributed by atoms with E-state index in [0.29, 0.717) is 5.92 Å². The van der Waals surface area contributed by atoms with Crippen LogP contribution in [0.2, 0.25) is 5.02 Å². The Hall–Kier alpha value is -0.360. The maximum absolute atomic E-state index is 13.5. The van der Waals surface area contributed by atoms with E-state index in [1.54, 1.807) is 0 Å². The van der Waals surface area contributed by atoms with Gasteiger partial charge in [0.25, 0.3) is 5.91 Å². The van der Waals surface area contributed by atoms with Crippen molar-refractivity contribution in [1.82, 2.24) is 5.32 Å². The molecule has 0 saturated carbocycles. The van der Waals surface area contributed by atoms with Gasteiger partial charge < -0.3 is 5.32 Å². The summed E-state index contributed by atoms with van der Waals surface area (Å²) in [6.07, 6.45) is 0. The van der Waals surface area contributed by atoms with Gasteiger partial charge in [0.1, 0.15) is 5.82 Å². The SMILES string of the molecule is CC(C)C(CI)NC(=O)c1c(F)cccc1Cl. The summed E-state index contributed by atoms with van der Waals surface area (Å²) in [6, 6.07) is 4.23. The predicted octanol–water partition coefficient (Wildman–Crippen LogP) is 3.67. The van der Waals surface area contributed by atoms with E-state index in [9.17, 15) is 9.18 Å². The number of carbonyl (C=O) groups is 1. The minimum absolute atomic E-state index is 0.0128. The van der Waals surface area contributed by atoms with Crippen molar-refractivity contribution in [1.29, 1.82) is 0 Å². The highest BCUT2D eigenvalue weighted by Gasteiger charge is 2.20. The highest BCUT2D eigenvalue weighted by Crippen LogP contribution is 2.19. The molecule has 1 aromatic carbocycles. The van der Waals surface area contributed by atoms with E-state index in [4.69, 9.17) is 11.6 Å². The van der Waals surface area contributed by atoms with Crippen molar-refractivity contribution >= 4 is 40.1 Å². The van der Waals surface area contributed by atoms with Gasteiger partial charge in [-0.2, -0.15) is 0 Å². The number of rotatable bonds is 4. The molecule has 0 radical (unpaired) electrons. The van der Waals surface area contributed by atoms with Crippen LogP contribution in [0.15, 0.2) is 18.2 Å². The Kier molecular flexibility index (Phi) is 5.66. The number of amides is 1. The minimum atomic E-state index is -0.592. The van der Waals surface area contributed by atoms with Gasteiger partial charge >= 0.3 is 0 Å². The quantitative estimate of drug-likeness (QED) is 0.637. The van der Waals surface area contributed by atoms with Gasteiger partial charge in [0, 0.05) is 10.5 Å². The molecule has 0 saturated heterocycles. The van der Waals surface area contributed by atoms with Crippen LogP contribution in [-0.4, -0.2) is 16.4 Å². The number of nitrogens with one attached hydrogen (secondary N) is 1. The average Bonchev–Trinajstić information content (AvgIpc) is 2.25. The van der Waals surface area contributed by atoms with Gasteiger partial charge in [-0.05, 0) is 18.1 Å². The van der Waals surface area contributed by atoms with Crippen LogP contribution in [0, 0.1) is 11.7 Å². The molecular formula is C12H14ClFINO. The fourth-order valence-corrected chi connectivity index (χ4v) is 2.82. The molecule has 1 rings (SSSR count). The maximum atomic E-state index is 13.5. The monoisotopic (exact) mass is 369 g/mol. The van der Waals surface area contributed by atoms with Gasteiger partial charge in [-0.25, -0.2) is 4.39 Å². The normalized spacial score (nSPS) is 12.6. The third-order valence-electron chi connectivity index (χ3n) is 2.48. The van der Waals surface area contributed by atoms with Crippen molar-refractivity contribution in [3.63, 3.8) is 0 Å². The maximum Gasteiger partial charge on any atom is 0.256 e. The van der Waals surface area contributed by atoms with Gasteiger partial charge in [0.05, 0.1) is 10.6 Å². The van der Waals surface area contributed by atoms with Crippen molar-refractivity contribution < 1.29 is 9.18 Å². The van der Waals surface area contributed by atoms with Gasteiger partial charge in [0.15, 0.2) is 0 Å². The van der Waals surface area contributed by atoms with E-state index in [0.717, 1.165) is 4.43 Å². The predicted molar refractivity (Wildman–Crippen MR) is 76.4 cm³/mol. The second-order valence-electron chi connectivity index (χ2n) is 4.07. The summed E-state index contributed by atoms with van der Waals surface area (Å²) in [4.78, 5) is 11.9. The molecule has 0 spiro atoms. The molecule has 0 heterocycles. The molecular weight excluding hydrogens is 355 g/mol. The van der Waals surface area contributed by atoms with E-state index in [1.165, 1.54) is 18.2 Å². The van der Waals surface area contributed by atoms with Crippen LogP contribution in [0.4, 0.5) is 4.39 Å². The first-order valence-electron chi connectivity index (χ1n) is 5.28. The van der Waals surface area contributed by atoms with Crippen LogP contribution < -0.4 is 5.32 Å². The van der Waals surface area contributed by atoms with Crippen LogP contribution in [0.5, 0.6) is 0 Å². The van der Waals surface area contributed by atoms with Crippen LogP contribution in [0.3, 0.4) is 0 Å². The summed E-state index contributed by atoms with van der Waals surface area (Å²) in [5.74, 6) is -0.754. The second-order valence-corrected chi connectivity index (χ2v) is 5.36. The van der Waals surface area contributed by atoms with E-state index in [2.05, 4.69) is 27.9 Å². The number of hydrogen-bond acceptors (Lipinski definition) is 1. The third-order valence-corrected chi connectivity index (χ3v) is 3.74. The summed E-state index contributed by atoms with van der Waals surface area (Å²) < 4.78 is 14.3. The van der Waals surface area contributed by atoms with E-state index >= 15 is 0 Å². The van der Waals surface area contributed by atoms with E-state index in [-0.39, 0.29) is 16.6 Å². The van der Waals surface area contributed by atoms with Crippen molar-refractivity contribution in [3.8, 4) is 0 Å². The Morgan fingerprint density at radius 1 is 1.53 bits per heavy atom. The molecule has 0 aromatic heterocycles. The van der Waals surface area contributed by atoms with Crippen LogP contribution in [0.1, 0.15) is 24.2 Å². The molecule has 1 unspecified atom stereocenters. The van der Waals surface area contributed by atoms with Gasteiger partial charge in [0.2, 0.25) is 0 Å². The smallest absolute Gasteiger partial charge is 0.256 e. The molecule has 1 atom stereocenters. The summed E-state index contributed by atoms with van der Waals surface area (Å²) in [6.45, 7) is 4.01. The lowest BCUT2D eigenvalue weighted by Crippen LogP contribution is -2.40. The Balaban J connectivity index is 2.90. The van der Waals surface area contributed by atoms with Gasteiger partial charge in [-0.15, -0.1) is 0 Å². The molecule has 0 bridgehead atoms. The summed E-state index contributed by atoms with van der Waals surface area (Å²) in [7, 11) is 0. The summed E-state index contributed by atoms with van der Waals surface area (Å²) in [5.41, 5.74) is -0.0790. The van der Waals surface area contributed by atoms with Crippen LogP contribution >= 0.6 is 34.2 Å². The molecule has 0 fully saturated rings. The molecule has 5 heteroatoms. The molecule has 1 N–H and O–H groups in total.